The Labute approximate surface area is 66.9 Å². The molecule has 0 bridgehead atoms. The van der Waals surface area contributed by atoms with E-state index in [9.17, 15) is 4.79 Å². The summed E-state index contributed by atoms with van der Waals surface area (Å²) in [4.78, 5) is 13.3. The Hall–Kier alpha value is -0.630. The molecule has 1 aliphatic heterocycles. The molecule has 0 aromatic heterocycles. The second kappa shape index (κ2) is 2.45. The molecule has 2 rings (SSSR count). The highest BCUT2D eigenvalue weighted by molar-refractivity contribution is 5.91. The van der Waals surface area contributed by atoms with Gasteiger partial charge >= 0.3 is 0 Å². The van der Waals surface area contributed by atoms with E-state index < -0.39 is 0 Å². The van der Waals surface area contributed by atoms with Gasteiger partial charge in [0.15, 0.2) is 5.78 Å². The van der Waals surface area contributed by atoms with Gasteiger partial charge in [-0.05, 0) is 32.0 Å². The molecule has 2 nitrogen and oxygen atoms in total. The summed E-state index contributed by atoms with van der Waals surface area (Å²) in [6.45, 7) is 1.15. The number of carbonyl (C=O) groups is 1. The van der Waals surface area contributed by atoms with Crippen LogP contribution in [-0.2, 0) is 4.79 Å². The van der Waals surface area contributed by atoms with Crippen LogP contribution < -0.4 is 0 Å². The van der Waals surface area contributed by atoms with Crippen molar-refractivity contribution in [1.82, 2.24) is 4.90 Å². The predicted octanol–water partition coefficient (Wildman–Crippen LogP) is 0.836. The predicted molar refractivity (Wildman–Crippen MR) is 43.3 cm³/mol. The third kappa shape index (κ3) is 1.11. The standard InChI is InChI=1S/C9H13NO/c1-10-5-4-7-2-3-8(11)6-9(7)10/h2-3,7,9H,4-6H2,1H3. The van der Waals surface area contributed by atoms with Crippen LogP contribution in [-0.4, -0.2) is 30.3 Å². The van der Waals surface area contributed by atoms with Gasteiger partial charge in [-0.2, -0.15) is 0 Å². The van der Waals surface area contributed by atoms with Gasteiger partial charge in [0.1, 0.15) is 0 Å². The summed E-state index contributed by atoms with van der Waals surface area (Å²) in [6, 6.07) is 0.507. The Kier molecular flexibility index (Phi) is 1.57. The first-order valence-electron chi connectivity index (χ1n) is 4.18. The molecule has 60 valence electrons. The Morgan fingerprint density at radius 1 is 1.64 bits per heavy atom. The van der Waals surface area contributed by atoms with E-state index in [1.165, 1.54) is 6.42 Å². The molecule has 2 unspecified atom stereocenters. The smallest absolute Gasteiger partial charge is 0.156 e. The summed E-state index contributed by atoms with van der Waals surface area (Å²) in [5.41, 5.74) is 0. The van der Waals surface area contributed by atoms with Crippen molar-refractivity contribution in [2.75, 3.05) is 13.6 Å². The lowest BCUT2D eigenvalue weighted by Crippen LogP contribution is -2.32. The minimum atomic E-state index is 0.292. The summed E-state index contributed by atoms with van der Waals surface area (Å²) < 4.78 is 0. The minimum Gasteiger partial charge on any atom is -0.302 e. The summed E-state index contributed by atoms with van der Waals surface area (Å²) in [6.07, 6.45) is 5.79. The quantitative estimate of drug-likeness (QED) is 0.511. The number of fused-ring (bicyclic) bond motifs is 1. The van der Waals surface area contributed by atoms with Gasteiger partial charge in [-0.3, -0.25) is 4.79 Å². The summed E-state index contributed by atoms with van der Waals surface area (Å²) in [5.74, 6) is 0.942. The Bertz CT molecular complexity index is 210. The van der Waals surface area contributed by atoms with Crippen molar-refractivity contribution in [3.63, 3.8) is 0 Å². The largest absolute Gasteiger partial charge is 0.302 e. The number of nitrogens with zero attached hydrogens (tertiary/aromatic N) is 1. The maximum absolute atomic E-state index is 11.0. The lowest BCUT2D eigenvalue weighted by Gasteiger charge is -2.24. The van der Waals surface area contributed by atoms with Crippen LogP contribution in [0.4, 0.5) is 0 Å². The zero-order valence-electron chi connectivity index (χ0n) is 6.79. The number of rotatable bonds is 0. The van der Waals surface area contributed by atoms with Gasteiger partial charge in [0, 0.05) is 12.5 Å². The molecule has 0 saturated carbocycles. The van der Waals surface area contributed by atoms with E-state index in [4.69, 9.17) is 0 Å². The average Bonchev–Trinajstić information content (AvgIpc) is 2.33. The normalized spacial score (nSPS) is 37.7. The van der Waals surface area contributed by atoms with Gasteiger partial charge in [-0.25, -0.2) is 0 Å². The maximum atomic E-state index is 11.0. The van der Waals surface area contributed by atoms with E-state index in [0.717, 1.165) is 13.0 Å². The molecule has 0 aromatic rings. The van der Waals surface area contributed by atoms with Crippen molar-refractivity contribution in [3.05, 3.63) is 12.2 Å². The lowest BCUT2D eigenvalue weighted by atomic mass is 9.90. The van der Waals surface area contributed by atoms with Gasteiger partial charge < -0.3 is 4.90 Å². The van der Waals surface area contributed by atoms with Crippen molar-refractivity contribution < 1.29 is 4.79 Å². The van der Waals surface area contributed by atoms with Crippen LogP contribution in [0.1, 0.15) is 12.8 Å². The van der Waals surface area contributed by atoms with Crippen LogP contribution in [0.25, 0.3) is 0 Å². The summed E-state index contributed by atoms with van der Waals surface area (Å²) in [5, 5.41) is 0. The molecule has 1 fully saturated rings. The van der Waals surface area contributed by atoms with E-state index in [-0.39, 0.29) is 0 Å². The van der Waals surface area contributed by atoms with Crippen LogP contribution in [0.2, 0.25) is 0 Å². The fraction of sp³-hybridized carbons (Fsp3) is 0.667. The molecular formula is C9H13NO. The van der Waals surface area contributed by atoms with Crippen molar-refractivity contribution in [2.24, 2.45) is 5.92 Å². The molecule has 2 atom stereocenters. The molecule has 0 aromatic carbocycles. The lowest BCUT2D eigenvalue weighted by molar-refractivity contribution is -0.116. The van der Waals surface area contributed by atoms with Crippen LogP contribution in [0.5, 0.6) is 0 Å². The summed E-state index contributed by atoms with van der Waals surface area (Å²) >= 11 is 0. The fourth-order valence-electron chi connectivity index (χ4n) is 2.07. The number of ketones is 1. The highest BCUT2D eigenvalue weighted by Crippen LogP contribution is 2.29. The third-order valence-corrected chi connectivity index (χ3v) is 2.82. The number of allylic oxidation sites excluding steroid dienone is 1. The van der Waals surface area contributed by atoms with Gasteiger partial charge in [0.25, 0.3) is 0 Å². The van der Waals surface area contributed by atoms with Gasteiger partial charge in [0.2, 0.25) is 0 Å². The van der Waals surface area contributed by atoms with Gasteiger partial charge in [-0.1, -0.05) is 6.08 Å². The van der Waals surface area contributed by atoms with Crippen LogP contribution >= 0.6 is 0 Å². The van der Waals surface area contributed by atoms with Crippen LogP contribution in [0.15, 0.2) is 12.2 Å². The molecule has 1 heterocycles. The van der Waals surface area contributed by atoms with Crippen molar-refractivity contribution >= 4 is 5.78 Å². The SMILES string of the molecule is CN1CCC2C=CC(=O)CC21. The first-order valence-corrected chi connectivity index (χ1v) is 4.18. The molecule has 2 heteroatoms. The molecule has 0 spiro atoms. The zero-order chi connectivity index (χ0) is 7.84. The Morgan fingerprint density at radius 3 is 3.27 bits per heavy atom. The third-order valence-electron chi connectivity index (χ3n) is 2.82. The molecular weight excluding hydrogens is 138 g/mol. The van der Waals surface area contributed by atoms with Crippen molar-refractivity contribution in [1.29, 1.82) is 0 Å². The highest BCUT2D eigenvalue weighted by Gasteiger charge is 2.33. The zero-order valence-corrected chi connectivity index (χ0v) is 6.79. The maximum Gasteiger partial charge on any atom is 0.156 e. The highest BCUT2D eigenvalue weighted by atomic mass is 16.1. The van der Waals surface area contributed by atoms with Gasteiger partial charge in [0.05, 0.1) is 0 Å². The molecule has 2 aliphatic rings. The number of likely N-dealkylation sites (tertiary alicyclic amines) is 1. The summed E-state index contributed by atoms with van der Waals surface area (Å²) in [7, 11) is 2.11. The van der Waals surface area contributed by atoms with Crippen LogP contribution in [0, 0.1) is 5.92 Å². The Balaban J connectivity index is 2.18. The van der Waals surface area contributed by atoms with Crippen molar-refractivity contribution in [3.8, 4) is 0 Å². The fourth-order valence-corrected chi connectivity index (χ4v) is 2.07. The first kappa shape index (κ1) is 7.04. The van der Waals surface area contributed by atoms with E-state index >= 15 is 0 Å². The van der Waals surface area contributed by atoms with Gasteiger partial charge in [-0.15, -0.1) is 0 Å². The number of carbonyl (C=O) groups excluding carboxylic acids is 1. The van der Waals surface area contributed by atoms with E-state index in [1.54, 1.807) is 6.08 Å². The first-order chi connectivity index (χ1) is 5.27. The molecule has 0 amide bonds. The van der Waals surface area contributed by atoms with E-state index in [2.05, 4.69) is 18.0 Å². The number of hydrogen-bond donors (Lipinski definition) is 0. The second-order valence-corrected chi connectivity index (χ2v) is 3.53. The molecule has 0 N–H and O–H groups in total. The minimum absolute atomic E-state index is 0.292. The Morgan fingerprint density at radius 2 is 2.45 bits per heavy atom. The second-order valence-electron chi connectivity index (χ2n) is 3.53. The van der Waals surface area contributed by atoms with Crippen LogP contribution in [0.3, 0.4) is 0 Å². The molecule has 11 heavy (non-hydrogen) atoms. The molecule has 1 saturated heterocycles. The van der Waals surface area contributed by atoms with E-state index in [0.29, 0.717) is 17.7 Å². The molecule has 1 aliphatic carbocycles. The average molecular weight is 151 g/mol. The number of hydrogen-bond acceptors (Lipinski definition) is 2. The topological polar surface area (TPSA) is 20.3 Å². The van der Waals surface area contributed by atoms with Crippen molar-refractivity contribution in [2.45, 2.75) is 18.9 Å². The van der Waals surface area contributed by atoms with E-state index in [1.807, 2.05) is 0 Å². The monoisotopic (exact) mass is 151 g/mol. The molecule has 0 radical (unpaired) electrons.